The molecule has 11 aromatic rings. The van der Waals surface area contributed by atoms with Crippen LogP contribution in [-0.4, -0.2) is 14.5 Å². The molecule has 1 unspecified atom stereocenters. The summed E-state index contributed by atoms with van der Waals surface area (Å²) in [6.45, 7) is 0. The molecule has 0 N–H and O–H groups in total. The molecular formula is C59H35N5O2S. The fourth-order valence-electron chi connectivity index (χ4n) is 11.2. The van der Waals surface area contributed by atoms with E-state index >= 15 is 0 Å². The van der Waals surface area contributed by atoms with E-state index < -0.39 is 5.41 Å². The molecule has 67 heavy (non-hydrogen) atoms. The van der Waals surface area contributed by atoms with Gasteiger partial charge in [-0.1, -0.05) is 115 Å². The highest BCUT2D eigenvalue weighted by Crippen LogP contribution is 2.64. The third-order valence-corrected chi connectivity index (χ3v) is 15.0. The molecule has 0 amide bonds. The molecule has 1 aliphatic carbocycles. The maximum Gasteiger partial charge on any atom is 0.151 e. The number of para-hydroxylation sites is 10. The van der Waals surface area contributed by atoms with Crippen molar-refractivity contribution in [1.29, 1.82) is 0 Å². The average molecular weight is 878 g/mol. The van der Waals surface area contributed by atoms with E-state index in [-0.39, 0.29) is 0 Å². The van der Waals surface area contributed by atoms with Gasteiger partial charge in [-0.3, -0.25) is 9.97 Å². The van der Waals surface area contributed by atoms with Crippen LogP contribution in [0.2, 0.25) is 0 Å². The molecule has 8 heteroatoms. The second kappa shape index (κ2) is 13.7. The maximum absolute atomic E-state index is 6.53. The Morgan fingerprint density at radius 1 is 0.373 bits per heavy atom. The molecule has 0 saturated heterocycles. The molecule has 7 nitrogen and oxygen atoms in total. The summed E-state index contributed by atoms with van der Waals surface area (Å²) in [5, 5.41) is 2.41. The molecule has 314 valence electrons. The molecule has 3 aromatic heterocycles. The number of rotatable bonds is 3. The van der Waals surface area contributed by atoms with E-state index in [4.69, 9.17) is 19.4 Å². The smallest absolute Gasteiger partial charge is 0.151 e. The Kier molecular flexibility index (Phi) is 7.52. The first-order valence-corrected chi connectivity index (χ1v) is 23.3. The highest BCUT2D eigenvalue weighted by molar-refractivity contribution is 7.99. The monoisotopic (exact) mass is 877 g/mol. The Balaban J connectivity index is 1.05. The lowest BCUT2D eigenvalue weighted by Crippen LogP contribution is -2.33. The summed E-state index contributed by atoms with van der Waals surface area (Å²) >= 11 is 1.82. The highest BCUT2D eigenvalue weighted by atomic mass is 32.2. The van der Waals surface area contributed by atoms with Crippen LogP contribution < -0.4 is 19.3 Å². The number of nitrogens with zero attached hydrogens (tertiary/aromatic N) is 5. The van der Waals surface area contributed by atoms with Gasteiger partial charge in [-0.2, -0.15) is 0 Å². The van der Waals surface area contributed by atoms with E-state index in [1.807, 2.05) is 72.7 Å². The third-order valence-electron chi connectivity index (χ3n) is 13.9. The van der Waals surface area contributed by atoms with E-state index in [0.717, 1.165) is 102 Å². The largest absolute Gasteiger partial charge is 0.453 e. The molecule has 0 saturated carbocycles. The minimum absolute atomic E-state index is 0.789. The standard InChI is InChI=1S/C59H35N5O2S/c1-4-18-45-39(15-1)40-16-2-5-19-46(40)63(45)37-32-43-57(60-34-37)58-44(33-38(35-61-58)64-49-22-8-12-26-53(49)66-54-27-13-9-23-50(54)64)59(43)41-17-3-14-28-55(41)67-56-30-29-36(31-42(56)59)62-47-20-6-10-24-51(47)65-52-25-11-7-21-48(52)62/h1-35H. The second-order valence-electron chi connectivity index (χ2n) is 17.3. The zero-order chi connectivity index (χ0) is 43.8. The first kappa shape index (κ1) is 36.7. The van der Waals surface area contributed by atoms with E-state index in [2.05, 4.69) is 166 Å². The minimum Gasteiger partial charge on any atom is -0.453 e. The predicted molar refractivity (Wildman–Crippen MR) is 267 cm³/mol. The van der Waals surface area contributed by atoms with Crippen LogP contribution in [0.4, 0.5) is 34.1 Å². The zero-order valence-corrected chi connectivity index (χ0v) is 36.5. The fraction of sp³-hybridized carbons (Fsp3) is 0.0169. The summed E-state index contributed by atoms with van der Waals surface area (Å²) in [6, 6.07) is 71.1. The van der Waals surface area contributed by atoms with Crippen LogP contribution in [0.15, 0.2) is 222 Å². The number of fused-ring (bicyclic) bond motifs is 16. The number of benzene rings is 8. The van der Waals surface area contributed by atoms with Crippen molar-refractivity contribution in [3.63, 3.8) is 0 Å². The Morgan fingerprint density at radius 2 is 0.806 bits per heavy atom. The lowest BCUT2D eigenvalue weighted by atomic mass is 9.67. The second-order valence-corrected chi connectivity index (χ2v) is 18.4. The van der Waals surface area contributed by atoms with Gasteiger partial charge >= 0.3 is 0 Å². The Hall–Kier alpha value is -8.59. The quantitative estimate of drug-likeness (QED) is 0.175. The van der Waals surface area contributed by atoms with Crippen LogP contribution in [0.3, 0.4) is 0 Å². The van der Waals surface area contributed by atoms with Crippen molar-refractivity contribution in [3.8, 4) is 40.1 Å². The molecule has 8 aromatic carbocycles. The molecule has 15 rings (SSSR count). The Morgan fingerprint density at radius 3 is 1.39 bits per heavy atom. The van der Waals surface area contributed by atoms with Gasteiger partial charge in [-0.05, 0) is 108 Å². The van der Waals surface area contributed by atoms with Gasteiger partial charge in [0.15, 0.2) is 23.0 Å². The van der Waals surface area contributed by atoms with Crippen molar-refractivity contribution in [3.05, 3.63) is 235 Å². The van der Waals surface area contributed by atoms with Gasteiger partial charge < -0.3 is 23.8 Å². The Bertz CT molecular complexity index is 3770. The van der Waals surface area contributed by atoms with Crippen molar-refractivity contribution in [2.75, 3.05) is 9.80 Å². The summed E-state index contributed by atoms with van der Waals surface area (Å²) in [6.07, 6.45) is 4.04. The van der Waals surface area contributed by atoms with Gasteiger partial charge in [0.25, 0.3) is 0 Å². The number of hydrogen-bond donors (Lipinski definition) is 0. The summed E-state index contributed by atoms with van der Waals surface area (Å²) in [5.41, 5.74) is 14.5. The van der Waals surface area contributed by atoms with E-state index in [1.54, 1.807) is 0 Å². The van der Waals surface area contributed by atoms with Gasteiger partial charge in [-0.15, -0.1) is 0 Å². The van der Waals surface area contributed by atoms with E-state index in [9.17, 15) is 0 Å². The third kappa shape index (κ3) is 5.02. The molecule has 3 aliphatic heterocycles. The van der Waals surface area contributed by atoms with Gasteiger partial charge in [0.2, 0.25) is 0 Å². The molecule has 0 fully saturated rings. The highest BCUT2D eigenvalue weighted by Gasteiger charge is 2.53. The number of aromatic nitrogens is 3. The van der Waals surface area contributed by atoms with Crippen LogP contribution in [0, 0.1) is 0 Å². The van der Waals surface area contributed by atoms with Crippen molar-refractivity contribution < 1.29 is 9.47 Å². The number of pyridine rings is 2. The topological polar surface area (TPSA) is 55.6 Å². The molecule has 1 spiro atoms. The van der Waals surface area contributed by atoms with E-state index in [0.29, 0.717) is 0 Å². The normalized spacial score (nSPS) is 15.6. The predicted octanol–water partition coefficient (Wildman–Crippen LogP) is 15.6. The Labute approximate surface area is 389 Å². The lowest BCUT2D eigenvalue weighted by molar-refractivity contribution is 0.476. The molecule has 0 bridgehead atoms. The molecule has 6 heterocycles. The van der Waals surface area contributed by atoms with Crippen molar-refractivity contribution in [1.82, 2.24) is 14.5 Å². The lowest BCUT2D eigenvalue weighted by Gasteiger charge is -2.41. The molecule has 1 atom stereocenters. The first-order chi connectivity index (χ1) is 33.2. The molecular weight excluding hydrogens is 843 g/mol. The SMILES string of the molecule is c1ccc2c(c1)Oc1ccccc1N2c1ccc2c(c1)C1(c3ccccc3S2)c2cc(N3c4ccccc4Oc4ccccc43)cnc2-c2ncc(-n3c4ccccc4c4ccccc43)cc21. The summed E-state index contributed by atoms with van der Waals surface area (Å²) < 4.78 is 15.4. The van der Waals surface area contributed by atoms with Crippen LogP contribution in [0.5, 0.6) is 23.0 Å². The van der Waals surface area contributed by atoms with Crippen LogP contribution in [-0.2, 0) is 5.41 Å². The van der Waals surface area contributed by atoms with Gasteiger partial charge in [0, 0.05) is 37.4 Å². The average Bonchev–Trinajstić information content (AvgIpc) is 3.87. The number of anilines is 6. The van der Waals surface area contributed by atoms with E-state index in [1.165, 1.54) is 26.1 Å². The van der Waals surface area contributed by atoms with Gasteiger partial charge in [0.05, 0.1) is 74.4 Å². The summed E-state index contributed by atoms with van der Waals surface area (Å²) in [7, 11) is 0. The number of ether oxygens (including phenoxy) is 2. The molecule has 4 aliphatic rings. The van der Waals surface area contributed by atoms with Crippen LogP contribution in [0.1, 0.15) is 22.3 Å². The van der Waals surface area contributed by atoms with Crippen molar-refractivity contribution in [2.24, 2.45) is 0 Å². The first-order valence-electron chi connectivity index (χ1n) is 22.5. The summed E-state index contributed by atoms with van der Waals surface area (Å²) in [4.78, 5) is 18.0. The minimum atomic E-state index is -0.848. The zero-order valence-electron chi connectivity index (χ0n) is 35.7. The fourth-order valence-corrected chi connectivity index (χ4v) is 12.3. The van der Waals surface area contributed by atoms with Crippen molar-refractivity contribution in [2.45, 2.75) is 15.2 Å². The summed E-state index contributed by atoms with van der Waals surface area (Å²) in [5.74, 6) is 3.20. The van der Waals surface area contributed by atoms with Gasteiger partial charge in [-0.25, -0.2) is 0 Å². The number of hydrogen-bond acceptors (Lipinski definition) is 7. The maximum atomic E-state index is 6.53. The van der Waals surface area contributed by atoms with Gasteiger partial charge in [0.1, 0.15) is 0 Å². The van der Waals surface area contributed by atoms with Crippen LogP contribution >= 0.6 is 11.8 Å². The van der Waals surface area contributed by atoms with Crippen molar-refractivity contribution >= 4 is 67.7 Å². The molecule has 0 radical (unpaired) electrons. The van der Waals surface area contributed by atoms with Crippen LogP contribution in [0.25, 0.3) is 38.9 Å².